The highest BCUT2D eigenvalue weighted by Crippen LogP contribution is 2.63. The number of rotatable bonds is 4. The smallest absolute Gasteiger partial charge is 0.244 e. The van der Waals surface area contributed by atoms with Crippen LogP contribution in [-0.2, 0) is 11.2 Å². The normalized spacial score (nSPS) is 25.6. The molecule has 1 heterocycles. The molecule has 1 fully saturated rings. The fraction of sp³-hybridized carbons (Fsp3) is 0.474. The minimum Gasteiger partial charge on any atom is -0.501 e. The Morgan fingerprint density at radius 2 is 2.17 bits per heavy atom. The quantitative estimate of drug-likeness (QED) is 0.889. The molecule has 0 aromatic heterocycles. The number of hydrogen-bond donors (Lipinski definition) is 2. The van der Waals surface area contributed by atoms with E-state index in [1.54, 1.807) is 6.08 Å². The zero-order valence-corrected chi connectivity index (χ0v) is 14.0. The molecule has 1 atom stereocenters. The van der Waals surface area contributed by atoms with E-state index in [1.807, 2.05) is 6.92 Å². The highest BCUT2D eigenvalue weighted by atomic mass is 16.5. The molecular formula is C19H24N2O2. The average Bonchev–Trinajstić information content (AvgIpc) is 3.22. The number of nitrogens with one attached hydrogen (secondary N) is 1. The summed E-state index contributed by atoms with van der Waals surface area (Å²) in [6, 6.07) is 6.58. The second-order valence-corrected chi connectivity index (χ2v) is 7.33. The van der Waals surface area contributed by atoms with Crippen LogP contribution < -0.4 is 5.32 Å². The van der Waals surface area contributed by atoms with Crippen molar-refractivity contribution >= 4 is 5.69 Å². The Kier molecular flexibility index (Phi) is 3.20. The van der Waals surface area contributed by atoms with Gasteiger partial charge < -0.3 is 20.1 Å². The summed E-state index contributed by atoms with van der Waals surface area (Å²) in [5.74, 6) is 1.85. The maximum Gasteiger partial charge on any atom is 0.244 e. The maximum absolute atomic E-state index is 9.87. The van der Waals surface area contributed by atoms with E-state index >= 15 is 0 Å². The third-order valence-corrected chi connectivity index (χ3v) is 5.42. The number of nitrogens with zero attached hydrogens (tertiary/aromatic N) is 1. The van der Waals surface area contributed by atoms with Crippen molar-refractivity contribution in [3.63, 3.8) is 0 Å². The van der Waals surface area contributed by atoms with Crippen LogP contribution in [0.1, 0.15) is 36.8 Å². The highest BCUT2D eigenvalue weighted by Gasteiger charge is 2.54. The third kappa shape index (κ3) is 2.32. The molecule has 4 nitrogen and oxygen atoms in total. The molecule has 4 rings (SSSR count). The van der Waals surface area contributed by atoms with Gasteiger partial charge in [0.2, 0.25) is 11.6 Å². The summed E-state index contributed by atoms with van der Waals surface area (Å²) in [6.45, 7) is 2.97. The predicted octanol–water partition coefficient (Wildman–Crippen LogP) is 3.74. The minimum absolute atomic E-state index is 0.206. The number of benzene rings is 1. The van der Waals surface area contributed by atoms with Gasteiger partial charge in [-0.05, 0) is 75.0 Å². The van der Waals surface area contributed by atoms with E-state index in [1.165, 1.54) is 30.4 Å². The lowest BCUT2D eigenvalue weighted by Gasteiger charge is -2.24. The molecular weight excluding hydrogens is 288 g/mol. The molecule has 1 saturated carbocycles. The van der Waals surface area contributed by atoms with Gasteiger partial charge in [-0.3, -0.25) is 0 Å². The summed E-state index contributed by atoms with van der Waals surface area (Å²) in [5, 5.41) is 13.1. The molecule has 1 unspecified atom stereocenters. The molecule has 23 heavy (non-hydrogen) atoms. The first-order valence-corrected chi connectivity index (χ1v) is 8.35. The van der Waals surface area contributed by atoms with Crippen LogP contribution in [0.15, 0.2) is 41.7 Å². The van der Waals surface area contributed by atoms with Crippen LogP contribution in [-0.4, -0.2) is 30.6 Å². The zero-order valence-electron chi connectivity index (χ0n) is 14.0. The van der Waals surface area contributed by atoms with Crippen LogP contribution in [0.25, 0.3) is 0 Å². The van der Waals surface area contributed by atoms with Crippen LogP contribution in [0, 0.1) is 5.41 Å². The van der Waals surface area contributed by atoms with Gasteiger partial charge in [0.25, 0.3) is 0 Å². The van der Waals surface area contributed by atoms with Gasteiger partial charge in [-0.2, -0.15) is 0 Å². The first-order chi connectivity index (χ1) is 11.0. The number of anilines is 1. The largest absolute Gasteiger partial charge is 0.501 e. The molecule has 0 saturated heterocycles. The average molecular weight is 312 g/mol. The van der Waals surface area contributed by atoms with Gasteiger partial charge in [-0.1, -0.05) is 6.07 Å². The van der Waals surface area contributed by atoms with E-state index in [4.69, 9.17) is 4.74 Å². The summed E-state index contributed by atoms with van der Waals surface area (Å²) < 4.78 is 5.42. The molecule has 1 spiro atoms. The van der Waals surface area contributed by atoms with Crippen molar-refractivity contribution in [3.8, 4) is 0 Å². The van der Waals surface area contributed by atoms with Gasteiger partial charge in [-0.15, -0.1) is 0 Å². The standard InChI is InChI=1S/C19H24N2O2/c1-4-16-17(22)18(23-16)20-13-5-6-14-12(9-13)10-19(7-8-19)15(14)11-21(2)3/h4-6,9,15,20,22H,7-8,10-11H2,1-3H3/b16-4+. The number of hydrogen-bond acceptors (Lipinski definition) is 4. The molecule has 1 aromatic rings. The van der Waals surface area contributed by atoms with E-state index in [0.717, 1.165) is 12.2 Å². The summed E-state index contributed by atoms with van der Waals surface area (Å²) >= 11 is 0. The molecule has 0 bridgehead atoms. The van der Waals surface area contributed by atoms with Gasteiger partial charge in [0.15, 0.2) is 5.76 Å². The van der Waals surface area contributed by atoms with E-state index in [0.29, 0.717) is 23.0 Å². The number of allylic oxidation sites excluding steroid dienone is 1. The van der Waals surface area contributed by atoms with E-state index < -0.39 is 0 Å². The second kappa shape index (κ2) is 5.03. The van der Waals surface area contributed by atoms with Gasteiger partial charge >= 0.3 is 0 Å². The van der Waals surface area contributed by atoms with Crippen LogP contribution >= 0.6 is 0 Å². The van der Waals surface area contributed by atoms with Crippen molar-refractivity contribution in [2.24, 2.45) is 5.41 Å². The maximum atomic E-state index is 9.87. The molecule has 2 aliphatic carbocycles. The predicted molar refractivity (Wildman–Crippen MR) is 91.2 cm³/mol. The third-order valence-electron chi connectivity index (χ3n) is 5.42. The first-order valence-electron chi connectivity index (χ1n) is 8.35. The minimum atomic E-state index is 0.206. The number of ether oxygens (including phenoxy) is 1. The Morgan fingerprint density at radius 3 is 2.78 bits per heavy atom. The number of fused-ring (bicyclic) bond motifs is 1. The molecule has 0 amide bonds. The Morgan fingerprint density at radius 1 is 1.39 bits per heavy atom. The Hall–Kier alpha value is -1.94. The van der Waals surface area contributed by atoms with Crippen LogP contribution in [0.5, 0.6) is 0 Å². The van der Waals surface area contributed by atoms with Crippen LogP contribution in [0.4, 0.5) is 5.69 Å². The second-order valence-electron chi connectivity index (χ2n) is 7.33. The monoisotopic (exact) mass is 312 g/mol. The summed E-state index contributed by atoms with van der Waals surface area (Å²) in [6.07, 6.45) is 5.64. The molecule has 1 aliphatic heterocycles. The van der Waals surface area contributed by atoms with Gasteiger partial charge in [-0.25, -0.2) is 0 Å². The molecule has 0 radical (unpaired) electrons. The summed E-state index contributed by atoms with van der Waals surface area (Å²) in [7, 11) is 4.32. The lowest BCUT2D eigenvalue weighted by molar-refractivity contribution is 0.185. The van der Waals surface area contributed by atoms with Crippen molar-refractivity contribution in [2.75, 3.05) is 26.0 Å². The van der Waals surface area contributed by atoms with Crippen molar-refractivity contribution < 1.29 is 9.84 Å². The van der Waals surface area contributed by atoms with Crippen molar-refractivity contribution in [1.29, 1.82) is 0 Å². The molecule has 2 N–H and O–H groups in total. The van der Waals surface area contributed by atoms with E-state index in [9.17, 15) is 5.11 Å². The summed E-state index contributed by atoms with van der Waals surface area (Å²) in [4.78, 5) is 2.30. The van der Waals surface area contributed by atoms with E-state index in [2.05, 4.69) is 42.5 Å². The Bertz CT molecular complexity index is 714. The van der Waals surface area contributed by atoms with Gasteiger partial charge in [0, 0.05) is 18.2 Å². The van der Waals surface area contributed by atoms with Crippen LogP contribution in [0.2, 0.25) is 0 Å². The molecule has 3 aliphatic rings. The highest BCUT2D eigenvalue weighted by molar-refractivity contribution is 5.57. The summed E-state index contributed by atoms with van der Waals surface area (Å²) in [5.41, 5.74) is 4.45. The van der Waals surface area contributed by atoms with E-state index in [-0.39, 0.29) is 5.76 Å². The fourth-order valence-corrected chi connectivity index (χ4v) is 4.04. The number of aliphatic hydroxyl groups is 1. The topological polar surface area (TPSA) is 44.7 Å². The fourth-order valence-electron chi connectivity index (χ4n) is 4.04. The molecule has 1 aromatic carbocycles. The van der Waals surface area contributed by atoms with Gasteiger partial charge in [0.1, 0.15) is 0 Å². The zero-order chi connectivity index (χ0) is 16.2. The van der Waals surface area contributed by atoms with Crippen molar-refractivity contribution in [2.45, 2.75) is 32.1 Å². The van der Waals surface area contributed by atoms with Crippen LogP contribution in [0.3, 0.4) is 0 Å². The number of aliphatic hydroxyl groups excluding tert-OH is 1. The van der Waals surface area contributed by atoms with Crippen molar-refractivity contribution in [3.05, 3.63) is 52.8 Å². The molecule has 122 valence electrons. The Labute approximate surface area is 137 Å². The number of likely N-dealkylation sites (N-methyl/N-ethyl adjacent to an activating group) is 1. The van der Waals surface area contributed by atoms with Gasteiger partial charge in [0.05, 0.1) is 0 Å². The molecule has 4 heteroatoms. The lowest BCUT2D eigenvalue weighted by atomic mass is 9.89. The Balaban J connectivity index is 1.58. The first kappa shape index (κ1) is 14.6. The SMILES string of the molecule is C/C=C1/OC(Nc2ccc3c(c2)CC2(CC2)C3CN(C)C)=C1O. The van der Waals surface area contributed by atoms with Crippen molar-refractivity contribution in [1.82, 2.24) is 4.90 Å². The lowest BCUT2D eigenvalue weighted by Crippen LogP contribution is -2.24.